The Kier molecular flexibility index (Phi) is 5.26. The molecule has 0 saturated carbocycles. The fourth-order valence-corrected chi connectivity index (χ4v) is 2.33. The first-order chi connectivity index (χ1) is 10.1. The Morgan fingerprint density at radius 2 is 2.14 bits per heavy atom. The molecule has 0 radical (unpaired) electrons. The number of furan rings is 1. The first kappa shape index (κ1) is 15.4. The van der Waals surface area contributed by atoms with Gasteiger partial charge in [-0.3, -0.25) is 0 Å². The molecule has 0 aliphatic carbocycles. The first-order valence-corrected chi connectivity index (χ1v) is 7.60. The highest BCUT2D eigenvalue weighted by Gasteiger charge is 2.16. The van der Waals surface area contributed by atoms with E-state index in [0.717, 1.165) is 24.6 Å². The molecule has 1 aromatic carbocycles. The minimum absolute atomic E-state index is 0.237. The Hall–Kier alpha value is -1.97. The highest BCUT2D eigenvalue weighted by Crippen LogP contribution is 2.22. The van der Waals surface area contributed by atoms with Crippen molar-refractivity contribution in [3.8, 4) is 0 Å². The molecule has 0 aliphatic heterocycles. The van der Waals surface area contributed by atoms with Crippen molar-refractivity contribution in [1.82, 2.24) is 0 Å². The number of benzene rings is 1. The van der Waals surface area contributed by atoms with Gasteiger partial charge in [0.25, 0.3) is 0 Å². The summed E-state index contributed by atoms with van der Waals surface area (Å²) in [6.07, 6.45) is 4.44. The van der Waals surface area contributed by atoms with Crippen LogP contribution in [-0.2, 0) is 4.74 Å². The predicted molar refractivity (Wildman–Crippen MR) is 84.2 cm³/mol. The highest BCUT2D eigenvalue weighted by atomic mass is 16.5. The number of hydrogen-bond acceptors (Lipinski definition) is 4. The van der Waals surface area contributed by atoms with Crippen LogP contribution in [0.2, 0.25) is 0 Å². The summed E-state index contributed by atoms with van der Waals surface area (Å²) in [5.41, 5.74) is 7.01. The van der Waals surface area contributed by atoms with Gasteiger partial charge in [-0.2, -0.15) is 0 Å². The van der Waals surface area contributed by atoms with Crippen molar-refractivity contribution in [2.24, 2.45) is 5.92 Å². The molecule has 0 aliphatic rings. The molecule has 0 amide bonds. The van der Waals surface area contributed by atoms with E-state index in [1.54, 1.807) is 24.3 Å². The molecule has 0 fully saturated rings. The normalized spacial score (nSPS) is 12.5. The van der Waals surface area contributed by atoms with Crippen LogP contribution in [0.25, 0.3) is 11.0 Å². The van der Waals surface area contributed by atoms with Crippen LogP contribution in [0.15, 0.2) is 28.7 Å². The van der Waals surface area contributed by atoms with Crippen LogP contribution in [0.3, 0.4) is 0 Å². The van der Waals surface area contributed by atoms with Crippen molar-refractivity contribution >= 4 is 22.6 Å². The summed E-state index contributed by atoms with van der Waals surface area (Å²) < 4.78 is 10.9. The van der Waals surface area contributed by atoms with E-state index in [1.807, 2.05) is 0 Å². The van der Waals surface area contributed by atoms with E-state index in [9.17, 15) is 4.79 Å². The average molecular weight is 289 g/mol. The molecule has 2 aromatic rings. The minimum atomic E-state index is -0.403. The Labute approximate surface area is 125 Å². The van der Waals surface area contributed by atoms with Crippen LogP contribution in [-0.4, -0.2) is 12.6 Å². The second-order valence-electron chi connectivity index (χ2n) is 5.42. The van der Waals surface area contributed by atoms with Crippen LogP contribution in [0.4, 0.5) is 5.69 Å². The summed E-state index contributed by atoms with van der Waals surface area (Å²) in [5.74, 6) is 0.259. The average Bonchev–Trinajstić information content (AvgIpc) is 2.90. The lowest BCUT2D eigenvalue weighted by Gasteiger charge is -2.13. The molecule has 114 valence electrons. The number of esters is 1. The van der Waals surface area contributed by atoms with Gasteiger partial charge in [0.1, 0.15) is 5.58 Å². The molecule has 2 N–H and O–H groups in total. The van der Waals surface area contributed by atoms with Crippen molar-refractivity contribution in [3.05, 3.63) is 30.0 Å². The Balaban J connectivity index is 1.98. The van der Waals surface area contributed by atoms with Gasteiger partial charge in [0.15, 0.2) is 0 Å². The zero-order chi connectivity index (χ0) is 15.2. The molecular formula is C17H23NO3. The van der Waals surface area contributed by atoms with Crippen molar-refractivity contribution in [2.75, 3.05) is 12.3 Å². The number of hydrogen-bond donors (Lipinski definition) is 1. The van der Waals surface area contributed by atoms with Crippen LogP contribution in [0.1, 0.15) is 50.1 Å². The first-order valence-electron chi connectivity index (χ1n) is 7.60. The van der Waals surface area contributed by atoms with Gasteiger partial charge in [-0.05, 0) is 36.6 Å². The topological polar surface area (TPSA) is 65.5 Å². The fraction of sp³-hybridized carbons (Fsp3) is 0.471. The summed E-state index contributed by atoms with van der Waals surface area (Å²) in [5, 5.41) is 0.819. The maximum atomic E-state index is 12.0. The van der Waals surface area contributed by atoms with Gasteiger partial charge in [0.2, 0.25) is 5.76 Å². The van der Waals surface area contributed by atoms with E-state index >= 15 is 0 Å². The van der Waals surface area contributed by atoms with E-state index in [1.165, 1.54) is 6.42 Å². The van der Waals surface area contributed by atoms with Crippen LogP contribution < -0.4 is 5.73 Å². The third kappa shape index (κ3) is 4.00. The summed E-state index contributed by atoms with van der Waals surface area (Å²) in [6.45, 7) is 4.74. The number of carbonyl (C=O) groups excluding carboxylic acids is 1. The Bertz CT molecular complexity index is 603. The standard InChI is InChI=1S/C17H23NO3/c1-3-5-6-12(4-2)11-20-17(19)16-10-13-9-14(18)7-8-15(13)21-16/h7-10,12H,3-6,11,18H2,1-2H3. The largest absolute Gasteiger partial charge is 0.460 e. The highest BCUT2D eigenvalue weighted by molar-refractivity contribution is 5.93. The molecule has 21 heavy (non-hydrogen) atoms. The molecule has 1 heterocycles. The van der Waals surface area contributed by atoms with E-state index in [2.05, 4.69) is 13.8 Å². The lowest BCUT2D eigenvalue weighted by Crippen LogP contribution is -2.13. The monoisotopic (exact) mass is 289 g/mol. The number of nitrogen functional groups attached to an aromatic ring is 1. The lowest BCUT2D eigenvalue weighted by atomic mass is 10.0. The second-order valence-corrected chi connectivity index (χ2v) is 5.42. The second kappa shape index (κ2) is 7.16. The van der Waals surface area contributed by atoms with Crippen molar-refractivity contribution < 1.29 is 13.9 Å². The molecular weight excluding hydrogens is 266 g/mol. The SMILES string of the molecule is CCCCC(CC)COC(=O)c1cc2cc(N)ccc2o1. The Morgan fingerprint density at radius 1 is 1.33 bits per heavy atom. The zero-order valence-electron chi connectivity index (χ0n) is 12.7. The maximum absolute atomic E-state index is 12.0. The summed E-state index contributed by atoms with van der Waals surface area (Å²) in [7, 11) is 0. The van der Waals surface area contributed by atoms with Gasteiger partial charge in [0, 0.05) is 11.1 Å². The van der Waals surface area contributed by atoms with E-state index < -0.39 is 5.97 Å². The van der Waals surface area contributed by atoms with Crippen molar-refractivity contribution in [3.63, 3.8) is 0 Å². The van der Waals surface area contributed by atoms with Crippen LogP contribution >= 0.6 is 0 Å². The smallest absolute Gasteiger partial charge is 0.374 e. The number of fused-ring (bicyclic) bond motifs is 1. The Morgan fingerprint density at radius 3 is 2.86 bits per heavy atom. The van der Waals surface area contributed by atoms with Crippen molar-refractivity contribution in [2.45, 2.75) is 39.5 Å². The molecule has 1 unspecified atom stereocenters. The molecule has 4 heteroatoms. The van der Waals surface area contributed by atoms with Crippen LogP contribution in [0.5, 0.6) is 0 Å². The molecule has 2 rings (SSSR count). The third-order valence-corrected chi connectivity index (χ3v) is 3.73. The van der Waals surface area contributed by atoms with Gasteiger partial charge in [-0.25, -0.2) is 4.79 Å². The van der Waals surface area contributed by atoms with E-state index in [4.69, 9.17) is 14.9 Å². The number of unbranched alkanes of at least 4 members (excludes halogenated alkanes) is 1. The predicted octanol–water partition coefficient (Wildman–Crippen LogP) is 4.39. The molecule has 0 bridgehead atoms. The maximum Gasteiger partial charge on any atom is 0.374 e. The fourth-order valence-electron chi connectivity index (χ4n) is 2.33. The molecule has 1 atom stereocenters. The number of carbonyl (C=O) groups is 1. The zero-order valence-corrected chi connectivity index (χ0v) is 12.7. The quantitative estimate of drug-likeness (QED) is 0.606. The van der Waals surface area contributed by atoms with E-state index in [-0.39, 0.29) is 5.76 Å². The third-order valence-electron chi connectivity index (χ3n) is 3.73. The molecule has 1 aromatic heterocycles. The van der Waals surface area contributed by atoms with Gasteiger partial charge < -0.3 is 14.9 Å². The summed E-state index contributed by atoms with van der Waals surface area (Å²) in [6, 6.07) is 6.98. The summed E-state index contributed by atoms with van der Waals surface area (Å²) in [4.78, 5) is 12.0. The summed E-state index contributed by atoms with van der Waals surface area (Å²) >= 11 is 0. The number of rotatable bonds is 7. The van der Waals surface area contributed by atoms with Crippen molar-refractivity contribution in [1.29, 1.82) is 0 Å². The minimum Gasteiger partial charge on any atom is -0.460 e. The number of nitrogens with two attached hydrogens (primary N) is 1. The lowest BCUT2D eigenvalue weighted by molar-refractivity contribution is 0.0395. The van der Waals surface area contributed by atoms with Crippen LogP contribution in [0, 0.1) is 5.92 Å². The molecule has 0 spiro atoms. The number of anilines is 1. The molecule has 4 nitrogen and oxygen atoms in total. The van der Waals surface area contributed by atoms with Gasteiger partial charge in [0.05, 0.1) is 6.61 Å². The van der Waals surface area contributed by atoms with E-state index in [0.29, 0.717) is 23.8 Å². The number of ether oxygens (including phenoxy) is 1. The molecule has 0 saturated heterocycles. The van der Waals surface area contributed by atoms with Gasteiger partial charge >= 0.3 is 5.97 Å². The van der Waals surface area contributed by atoms with Gasteiger partial charge in [-0.1, -0.05) is 33.1 Å². The van der Waals surface area contributed by atoms with Gasteiger partial charge in [-0.15, -0.1) is 0 Å².